The lowest BCUT2D eigenvalue weighted by Crippen LogP contribution is -2.62. The monoisotopic (exact) mass is 1930 g/mol. The zero-order chi connectivity index (χ0) is 101. The van der Waals surface area contributed by atoms with Gasteiger partial charge in [-0.15, -0.1) is 0 Å². The molecule has 4 saturated heterocycles. The van der Waals surface area contributed by atoms with E-state index in [9.17, 15) is 87.9 Å². The highest BCUT2D eigenvalue weighted by atomic mass is 16.4. The summed E-state index contributed by atoms with van der Waals surface area (Å²) >= 11 is 0. The van der Waals surface area contributed by atoms with Gasteiger partial charge < -0.3 is 136 Å². The molecule has 4 aliphatic heterocycles. The number of nitrogens with zero attached hydrogens (tertiary/aromatic N) is 6. The number of aromatic hydroxyl groups is 1. The Labute approximate surface area is 792 Å². The van der Waals surface area contributed by atoms with Crippen molar-refractivity contribution in [3.05, 3.63) is 102 Å². The van der Waals surface area contributed by atoms with Crippen molar-refractivity contribution in [3.8, 4) is 5.75 Å². The van der Waals surface area contributed by atoms with Gasteiger partial charge in [0.2, 0.25) is 106 Å². The van der Waals surface area contributed by atoms with Crippen LogP contribution in [0, 0.1) is 0 Å². The van der Waals surface area contributed by atoms with Crippen LogP contribution in [-0.2, 0) is 126 Å². The molecule has 47 heteroatoms. The van der Waals surface area contributed by atoms with E-state index in [0.29, 0.717) is 58.6 Å². The van der Waals surface area contributed by atoms with E-state index in [2.05, 4.69) is 58.2 Å². The molecule has 0 bridgehead atoms. The number of para-hydroxylation sites is 2. The van der Waals surface area contributed by atoms with E-state index in [-0.39, 0.29) is 75.8 Å². The Kier molecular flexibility index (Phi) is 39.0. The van der Waals surface area contributed by atoms with Crippen molar-refractivity contribution in [2.24, 2.45) is 22.9 Å². The molecule has 9 rings (SSSR count). The van der Waals surface area contributed by atoms with Gasteiger partial charge in [0.15, 0.2) is 0 Å². The molecule has 4 aliphatic rings. The highest BCUT2D eigenvalue weighted by molar-refractivity contribution is 6.03. The number of aliphatic carboxylic acids is 3. The minimum atomic E-state index is -2.08. The number of aliphatic hydroxyl groups is 1. The zero-order valence-electron chi connectivity index (χ0n) is 77.1. The summed E-state index contributed by atoms with van der Waals surface area (Å²) in [6, 6.07) is -5.81. The molecule has 0 radical (unpaired) electrons. The predicted octanol–water partition coefficient (Wildman–Crippen LogP) is -4.49. The van der Waals surface area contributed by atoms with Crippen LogP contribution < -0.4 is 76.1 Å². The van der Waals surface area contributed by atoms with Crippen LogP contribution in [-0.4, -0.2) is 321 Å². The Balaban J connectivity index is 1.12. The summed E-state index contributed by atoms with van der Waals surface area (Å²) in [7, 11) is 2.45. The molecule has 138 heavy (non-hydrogen) atoms. The molecule has 5 aromatic rings. The zero-order valence-corrected chi connectivity index (χ0v) is 77.1. The molecular weight excluding hydrogens is 1800 g/mol. The van der Waals surface area contributed by atoms with Crippen molar-refractivity contribution in [2.75, 3.05) is 46.8 Å². The fourth-order valence-corrected chi connectivity index (χ4v) is 17.6. The number of benzene rings is 3. The summed E-state index contributed by atoms with van der Waals surface area (Å²) in [5.74, 6) is -24.2. The number of carbonyl (C=O) groups is 21. The van der Waals surface area contributed by atoms with Crippen LogP contribution in [0.2, 0.25) is 0 Å². The number of likely N-dealkylation sites (N-methyl/N-ethyl adjacent to an activating group) is 2. The van der Waals surface area contributed by atoms with Gasteiger partial charge >= 0.3 is 17.9 Å². The van der Waals surface area contributed by atoms with Gasteiger partial charge in [-0.2, -0.15) is 0 Å². The largest absolute Gasteiger partial charge is 0.508 e. The van der Waals surface area contributed by atoms with E-state index in [0.717, 1.165) is 24.5 Å². The number of H-pyrrole nitrogens is 1. The van der Waals surface area contributed by atoms with Crippen LogP contribution in [0.3, 0.4) is 0 Å². The second-order valence-corrected chi connectivity index (χ2v) is 35.0. The number of nitrogens with two attached hydrogens (primary N) is 4. The molecule has 2 aromatic heterocycles. The van der Waals surface area contributed by atoms with E-state index >= 15 is 38.4 Å². The van der Waals surface area contributed by atoms with Gasteiger partial charge in [-0.1, -0.05) is 88.1 Å². The Hall–Kier alpha value is -14.7. The standard InChI is InChI=1S/C91H123N21O26/c1-5-7-19-66-83(130)99-57(29-32-75(119)120)80(127)106-64(78(95)125)43-96-44-74(118)98-61(36-48-24-26-51(113)27-25-48)89(136)110-34-14-13-22-67(110)85(132)105-63(41-73(94)117)90(137)111-35-15-23-68(111)84(131)100-56(28-31-71(92)115)79(126)101-58(30-33-76(121)122)88(135)112-46-52(114)39-70(112)86(133)103-59(37-49-42-97-55-18-11-9-16-53(49)55)81(128)102-60(40-72(93)116)82(129)104-62(87(134)108(4)69(20-8-6-2)91(138)107(66)3)38-50-45-109(47-77(123)124)65-21-12-10-17-54(50)65/h9-12,16-18,21,24-27,42,45,52,56-64,66-70,96-97,113-114H,5-8,13-15,19-20,22-23,28-41,43-44,46-47H2,1-4H3,(H2,92,115)(H2,93,116)(H2,94,117)(H2,95,125)(H,98,118)(H,99,130)(H,100,131)(H,101,126)(H,102,128)(H,103,133)(H,104,129)(H,105,132)(H,106,127)(H,119,120)(H,121,122)(H,123,124)/t52-,56+,57+,58+,59+,60+,61+,62+,63+,64+,66+,67+,68?,69+,70+/m1/s1. The lowest BCUT2D eigenvalue weighted by Gasteiger charge is -2.38. The van der Waals surface area contributed by atoms with Gasteiger partial charge in [0.1, 0.15) is 96.9 Å². The molecular formula is C91H123N21O26. The summed E-state index contributed by atoms with van der Waals surface area (Å²) < 4.78 is 1.35. The number of primary amides is 4. The Bertz CT molecular complexity index is 5350. The second-order valence-electron chi connectivity index (χ2n) is 35.0. The second kappa shape index (κ2) is 50.2. The number of aromatic nitrogens is 2. The maximum atomic E-state index is 15.9. The summed E-state index contributed by atoms with van der Waals surface area (Å²) in [6.45, 7) is 0.502. The Morgan fingerprint density at radius 1 is 0.442 bits per heavy atom. The summed E-state index contributed by atoms with van der Waals surface area (Å²) in [5, 5.41) is 78.0. The van der Waals surface area contributed by atoms with E-state index in [1.165, 1.54) is 55.3 Å². The molecule has 748 valence electrons. The van der Waals surface area contributed by atoms with Crippen molar-refractivity contribution in [3.63, 3.8) is 0 Å². The topological polar surface area (TPSA) is 721 Å². The van der Waals surface area contributed by atoms with Crippen molar-refractivity contribution in [1.82, 2.24) is 87.2 Å². The number of carboxylic acids is 3. The highest BCUT2D eigenvalue weighted by Crippen LogP contribution is 2.30. The number of phenolic OH excluding ortho intramolecular Hbond substituents is 1. The summed E-state index contributed by atoms with van der Waals surface area (Å²) in [5.41, 5.74) is 24.8. The average Bonchev–Trinajstić information content (AvgIpc) is 1.68. The van der Waals surface area contributed by atoms with Crippen LogP contribution in [0.1, 0.15) is 159 Å². The first-order valence-electron chi connectivity index (χ1n) is 45.8. The van der Waals surface area contributed by atoms with Gasteiger partial charge in [-0.3, -0.25) is 101 Å². The van der Waals surface area contributed by atoms with Gasteiger partial charge in [0, 0.05) is 119 Å². The number of piperidine rings is 1. The van der Waals surface area contributed by atoms with E-state index in [1.807, 2.05) is 0 Å². The predicted molar refractivity (Wildman–Crippen MR) is 489 cm³/mol. The number of unbranched alkanes of at least 4 members (excludes halogenated alkanes) is 2. The molecule has 4 fully saturated rings. The van der Waals surface area contributed by atoms with Gasteiger partial charge in [-0.05, 0) is 105 Å². The summed E-state index contributed by atoms with van der Waals surface area (Å²) in [6.07, 6.45) is -5.28. The third-order valence-electron chi connectivity index (χ3n) is 24.8. The van der Waals surface area contributed by atoms with Crippen molar-refractivity contribution < 1.29 is 126 Å². The van der Waals surface area contributed by atoms with Crippen LogP contribution in [0.4, 0.5) is 0 Å². The highest BCUT2D eigenvalue weighted by Gasteiger charge is 2.48. The number of nitrogens with one attached hydrogen (secondary N) is 11. The molecule has 47 nitrogen and oxygen atoms in total. The number of rotatable bonds is 28. The lowest BCUT2D eigenvalue weighted by atomic mass is 9.97. The Morgan fingerprint density at radius 2 is 0.935 bits per heavy atom. The maximum Gasteiger partial charge on any atom is 0.323 e. The molecule has 6 heterocycles. The maximum absolute atomic E-state index is 15.9. The van der Waals surface area contributed by atoms with Gasteiger partial charge in [-0.25, -0.2) is 0 Å². The van der Waals surface area contributed by atoms with Gasteiger partial charge in [0.05, 0.1) is 25.5 Å². The molecule has 18 amide bonds. The minimum absolute atomic E-state index is 0.0621. The molecule has 0 spiro atoms. The minimum Gasteiger partial charge on any atom is -0.508 e. The number of amides is 18. The first-order valence-corrected chi connectivity index (χ1v) is 45.8. The summed E-state index contributed by atoms with van der Waals surface area (Å²) in [4.78, 5) is 308. The third-order valence-corrected chi connectivity index (χ3v) is 24.8. The molecule has 3 aromatic carbocycles. The molecule has 0 saturated carbocycles. The number of carboxylic acid groups (broad SMARTS) is 3. The van der Waals surface area contributed by atoms with Crippen LogP contribution in [0.25, 0.3) is 21.8 Å². The van der Waals surface area contributed by atoms with Crippen LogP contribution in [0.5, 0.6) is 5.75 Å². The fraction of sp³-hybridized carbons (Fsp3) is 0.527. The number of phenols is 1. The first kappa shape index (κ1) is 107. The number of fused-ring (bicyclic) bond motifs is 5. The van der Waals surface area contributed by atoms with E-state index < -0.39 is 312 Å². The van der Waals surface area contributed by atoms with Crippen molar-refractivity contribution in [1.29, 1.82) is 0 Å². The first-order chi connectivity index (χ1) is 65.6. The number of carbonyl (C=O) groups excluding carboxylic acids is 18. The number of hydrogen-bond donors (Lipinski definition) is 20. The fourth-order valence-electron chi connectivity index (χ4n) is 17.6. The third kappa shape index (κ3) is 29.4. The lowest BCUT2D eigenvalue weighted by molar-refractivity contribution is -0.149. The SMILES string of the molecule is CCCC[C@H]1C(=O)N(C)[C@@H](CCCC)C(=O)N[C@@H](CCC(=O)O)C(=O)N[C@H](C(N)=O)CNCC(=O)N[C@@H](Cc2ccc(O)cc2)C(=O)N2CCCC[C@H]2C(=O)N[C@@H](CC(N)=O)C(=O)N2CCCC2C(=O)N[C@@H](CCC(N)=O)C(=O)N[C@@H](CCC(=O)O)C(=O)N2C[C@H](O)C[C@H]2C(=O)N[C@@H](Cc2c[nH]c3ccccc23)C(=O)N[C@@H](CC(N)=O)C(=O)N[C@@H](Cc2cn(CC(=O)O)c3ccccc23)C(=O)N1C. The van der Waals surface area contributed by atoms with Crippen molar-refractivity contribution in [2.45, 2.75) is 259 Å². The number of hydrogen-bond acceptors (Lipinski definition) is 24. The van der Waals surface area contributed by atoms with Crippen molar-refractivity contribution >= 4 is 146 Å². The number of aliphatic hydroxyl groups excluding tert-OH is 1. The number of aromatic amines is 1. The van der Waals surface area contributed by atoms with Crippen LogP contribution >= 0.6 is 0 Å². The average molecular weight is 1930 g/mol. The quantitative estimate of drug-likeness (QED) is 0.0224. The normalized spacial score (nSPS) is 24.9. The molecule has 0 aliphatic carbocycles. The molecule has 15 atom stereocenters. The molecule has 24 N–H and O–H groups in total. The van der Waals surface area contributed by atoms with Crippen LogP contribution in [0.15, 0.2) is 85.2 Å². The van der Waals surface area contributed by atoms with E-state index in [4.69, 9.17) is 22.9 Å². The van der Waals surface area contributed by atoms with E-state index in [1.54, 1.807) is 62.4 Å². The molecule has 1 unspecified atom stereocenters. The smallest absolute Gasteiger partial charge is 0.323 e. The van der Waals surface area contributed by atoms with Gasteiger partial charge in [0.25, 0.3) is 0 Å². The Morgan fingerprint density at radius 3 is 1.56 bits per heavy atom.